The molecule has 2 aromatic rings. The average Bonchev–Trinajstić information content (AvgIpc) is 3.25. The lowest BCUT2D eigenvalue weighted by atomic mass is 10.1. The van der Waals surface area contributed by atoms with Gasteiger partial charge in [0.2, 0.25) is 0 Å². The highest BCUT2D eigenvalue weighted by atomic mass is 16.5. The summed E-state index contributed by atoms with van der Waals surface area (Å²) in [5.41, 5.74) is 2.22. The Labute approximate surface area is 196 Å². The van der Waals surface area contributed by atoms with Gasteiger partial charge in [0.15, 0.2) is 12.2 Å². The molecule has 0 saturated heterocycles. The number of nitrogens with zero attached hydrogens (tertiary/aromatic N) is 3. The topological polar surface area (TPSA) is 66.3 Å². The summed E-state index contributed by atoms with van der Waals surface area (Å²) < 4.78 is 5.87. The Hall–Kier alpha value is -3.15. The Balaban J connectivity index is 1.30. The number of rotatable bonds is 12. The fourth-order valence-electron chi connectivity index (χ4n) is 4.23. The van der Waals surface area contributed by atoms with E-state index in [9.17, 15) is 4.79 Å². The van der Waals surface area contributed by atoms with Crippen LogP contribution in [0.15, 0.2) is 64.6 Å². The third kappa shape index (κ3) is 6.44. The molecule has 0 spiro atoms. The Morgan fingerprint density at radius 3 is 2.48 bits per heavy atom. The van der Waals surface area contributed by atoms with Crippen LogP contribution < -0.4 is 10.1 Å². The molecule has 1 N–H and O–H groups in total. The minimum Gasteiger partial charge on any atom is -0.489 e. The second kappa shape index (κ2) is 11.6. The van der Waals surface area contributed by atoms with E-state index < -0.39 is 6.04 Å². The van der Waals surface area contributed by atoms with Crippen LogP contribution in [0.3, 0.4) is 0 Å². The predicted octanol–water partition coefficient (Wildman–Crippen LogP) is 4.74. The average molecular weight is 447 g/mol. The Morgan fingerprint density at radius 1 is 0.939 bits per heavy atom. The Bertz CT molecular complexity index is 956. The number of ether oxygens (including phenoxy) is 1. The van der Waals surface area contributed by atoms with Crippen LogP contribution in [0.5, 0.6) is 5.75 Å². The van der Waals surface area contributed by atoms with E-state index in [0.29, 0.717) is 18.9 Å². The number of hydrogen-bond donors (Lipinski definition) is 1. The number of benzene rings is 2. The highest BCUT2D eigenvalue weighted by Gasteiger charge is 2.39. The summed E-state index contributed by atoms with van der Waals surface area (Å²) in [5.74, 6) is 1.47. The molecule has 33 heavy (non-hydrogen) atoms. The minimum absolute atomic E-state index is 0.0606. The summed E-state index contributed by atoms with van der Waals surface area (Å²) in [7, 11) is 0. The molecule has 1 amide bonds. The third-order valence-corrected chi connectivity index (χ3v) is 6.14. The van der Waals surface area contributed by atoms with Gasteiger partial charge in [-0.15, -0.1) is 0 Å². The lowest BCUT2D eigenvalue weighted by Gasteiger charge is -2.29. The standard InChI is InChI=1S/C27H34N4O2/c1-2-3-4-5-6-10-17-31-20-28-25-26(31)29-24(30-27(25)32)18-21-13-15-23(16-14-21)33-19-22-11-8-7-9-12-22/h7-9,11-16,20,25-26H,2-6,10,17-19H2,1H3,(H,29,30,32). The van der Waals surface area contributed by atoms with Crippen LogP contribution in [0.25, 0.3) is 0 Å². The number of aliphatic imine (C=N–C) groups is 2. The van der Waals surface area contributed by atoms with E-state index in [0.717, 1.165) is 29.8 Å². The van der Waals surface area contributed by atoms with Crippen molar-refractivity contribution in [3.05, 3.63) is 65.7 Å². The number of carbonyl (C=O) groups is 1. The molecule has 0 saturated carbocycles. The number of hydrogen-bond acceptors (Lipinski definition) is 5. The second-order valence-electron chi connectivity index (χ2n) is 8.79. The monoisotopic (exact) mass is 446 g/mol. The molecule has 2 aliphatic rings. The molecule has 2 heterocycles. The number of nitrogens with one attached hydrogen (secondary N) is 1. The molecule has 174 valence electrons. The quantitative estimate of drug-likeness (QED) is 0.479. The minimum atomic E-state index is -0.428. The number of amides is 1. The van der Waals surface area contributed by atoms with Gasteiger partial charge in [0.25, 0.3) is 5.91 Å². The normalized spacial score (nSPS) is 19.2. The number of unbranched alkanes of at least 4 members (excludes halogenated alkanes) is 5. The fourth-order valence-corrected chi connectivity index (χ4v) is 4.23. The van der Waals surface area contributed by atoms with Gasteiger partial charge in [-0.2, -0.15) is 0 Å². The van der Waals surface area contributed by atoms with Crippen LogP contribution in [0.4, 0.5) is 0 Å². The smallest absolute Gasteiger partial charge is 0.254 e. The van der Waals surface area contributed by atoms with Gasteiger partial charge in [0, 0.05) is 13.0 Å². The fraction of sp³-hybridized carbons (Fsp3) is 0.444. The zero-order valence-corrected chi connectivity index (χ0v) is 19.5. The van der Waals surface area contributed by atoms with Gasteiger partial charge >= 0.3 is 0 Å². The predicted molar refractivity (Wildman–Crippen MR) is 133 cm³/mol. The highest BCUT2D eigenvalue weighted by Crippen LogP contribution is 2.21. The maximum atomic E-state index is 12.6. The van der Waals surface area contributed by atoms with Crippen LogP contribution >= 0.6 is 0 Å². The highest BCUT2D eigenvalue weighted by molar-refractivity contribution is 6.04. The van der Waals surface area contributed by atoms with Crippen molar-refractivity contribution in [1.29, 1.82) is 0 Å². The molecule has 2 aromatic carbocycles. The van der Waals surface area contributed by atoms with Crippen LogP contribution in [-0.2, 0) is 17.8 Å². The van der Waals surface area contributed by atoms with Crippen molar-refractivity contribution in [1.82, 2.24) is 10.2 Å². The molecule has 0 aliphatic carbocycles. The molecular weight excluding hydrogens is 412 g/mol. The molecule has 6 nitrogen and oxygen atoms in total. The van der Waals surface area contributed by atoms with Crippen molar-refractivity contribution in [3.63, 3.8) is 0 Å². The number of amidine groups is 1. The first kappa shape index (κ1) is 23.0. The van der Waals surface area contributed by atoms with Gasteiger partial charge in [-0.05, 0) is 29.7 Å². The first-order valence-corrected chi connectivity index (χ1v) is 12.1. The summed E-state index contributed by atoms with van der Waals surface area (Å²) in [6.07, 6.45) is 9.65. The van der Waals surface area contributed by atoms with Crippen LogP contribution in [-0.4, -0.2) is 41.7 Å². The van der Waals surface area contributed by atoms with Crippen LogP contribution in [0.2, 0.25) is 0 Å². The molecule has 2 unspecified atom stereocenters. The lowest BCUT2D eigenvalue weighted by Crippen LogP contribution is -2.51. The van der Waals surface area contributed by atoms with Gasteiger partial charge < -0.3 is 15.0 Å². The Kier molecular flexibility index (Phi) is 8.12. The summed E-state index contributed by atoms with van der Waals surface area (Å²) >= 11 is 0. The van der Waals surface area contributed by atoms with Crippen LogP contribution in [0.1, 0.15) is 56.6 Å². The maximum absolute atomic E-state index is 12.6. The molecule has 0 aromatic heterocycles. The third-order valence-electron chi connectivity index (χ3n) is 6.14. The molecule has 4 rings (SSSR count). The largest absolute Gasteiger partial charge is 0.489 e. The first-order chi connectivity index (χ1) is 16.2. The molecular formula is C27H34N4O2. The molecule has 0 radical (unpaired) electrons. The van der Waals surface area contributed by atoms with Crippen molar-refractivity contribution < 1.29 is 9.53 Å². The van der Waals surface area contributed by atoms with Crippen molar-refractivity contribution in [2.45, 2.75) is 70.7 Å². The molecule has 0 fully saturated rings. The van der Waals surface area contributed by atoms with E-state index >= 15 is 0 Å². The number of fused-ring (bicyclic) bond motifs is 1. The molecule has 2 aliphatic heterocycles. The van der Waals surface area contributed by atoms with Gasteiger partial charge in [-0.3, -0.25) is 9.79 Å². The maximum Gasteiger partial charge on any atom is 0.254 e. The zero-order chi connectivity index (χ0) is 22.9. The van der Waals surface area contributed by atoms with E-state index in [1.807, 2.05) is 60.9 Å². The van der Waals surface area contributed by atoms with Crippen LogP contribution in [0, 0.1) is 0 Å². The molecule has 6 heteroatoms. The van der Waals surface area contributed by atoms with E-state index in [2.05, 4.69) is 22.1 Å². The van der Waals surface area contributed by atoms with Crippen molar-refractivity contribution in [2.24, 2.45) is 9.98 Å². The summed E-state index contributed by atoms with van der Waals surface area (Å²) in [6, 6.07) is 17.7. The van der Waals surface area contributed by atoms with Gasteiger partial charge in [-0.1, -0.05) is 81.5 Å². The molecule has 0 bridgehead atoms. The summed E-state index contributed by atoms with van der Waals surface area (Å²) in [6.45, 7) is 3.67. The summed E-state index contributed by atoms with van der Waals surface area (Å²) in [4.78, 5) is 24.0. The SMILES string of the molecule is CCCCCCCCN1C=NC2C(=O)NC(Cc3ccc(OCc4ccccc4)cc3)=NC21. The first-order valence-electron chi connectivity index (χ1n) is 12.1. The van der Waals surface area contributed by atoms with E-state index in [1.165, 1.54) is 32.1 Å². The van der Waals surface area contributed by atoms with Crippen molar-refractivity contribution >= 4 is 18.1 Å². The lowest BCUT2D eigenvalue weighted by molar-refractivity contribution is -0.122. The van der Waals surface area contributed by atoms with Gasteiger partial charge in [0.05, 0.1) is 6.34 Å². The van der Waals surface area contributed by atoms with E-state index in [-0.39, 0.29) is 12.1 Å². The second-order valence-corrected chi connectivity index (χ2v) is 8.79. The van der Waals surface area contributed by atoms with E-state index in [1.54, 1.807) is 0 Å². The van der Waals surface area contributed by atoms with Gasteiger partial charge in [0.1, 0.15) is 18.2 Å². The molecule has 2 atom stereocenters. The van der Waals surface area contributed by atoms with E-state index in [4.69, 9.17) is 9.73 Å². The van der Waals surface area contributed by atoms with Crippen molar-refractivity contribution in [2.75, 3.05) is 6.54 Å². The summed E-state index contributed by atoms with van der Waals surface area (Å²) in [5, 5.41) is 2.95. The Morgan fingerprint density at radius 2 is 1.70 bits per heavy atom. The zero-order valence-electron chi connectivity index (χ0n) is 19.5. The van der Waals surface area contributed by atoms with Crippen molar-refractivity contribution in [3.8, 4) is 5.75 Å². The number of carbonyl (C=O) groups excluding carboxylic acids is 1. The van der Waals surface area contributed by atoms with Gasteiger partial charge in [-0.25, -0.2) is 4.99 Å².